The van der Waals surface area contributed by atoms with Crippen LogP contribution in [-0.4, -0.2) is 25.5 Å². The van der Waals surface area contributed by atoms with Crippen molar-refractivity contribution in [1.29, 1.82) is 0 Å². The van der Waals surface area contributed by atoms with Crippen LogP contribution in [0, 0.1) is 5.82 Å². The molecule has 0 aromatic heterocycles. The van der Waals surface area contributed by atoms with Gasteiger partial charge in [-0.25, -0.2) is 13.2 Å². The molecule has 2 rings (SSSR count). The van der Waals surface area contributed by atoms with Gasteiger partial charge in [-0.15, -0.1) is 5.69 Å². The minimum atomic E-state index is -2.98. The summed E-state index contributed by atoms with van der Waals surface area (Å²) in [6, 6.07) is 3.16. The maximum Gasteiger partial charge on any atom is 0.269 e. The van der Waals surface area contributed by atoms with E-state index < -0.39 is 24.4 Å². The van der Waals surface area contributed by atoms with Crippen LogP contribution in [0.5, 0.6) is 0 Å². The summed E-state index contributed by atoms with van der Waals surface area (Å²) >= 11 is 0. The Bertz CT molecular complexity index is 492. The van der Waals surface area contributed by atoms with Gasteiger partial charge in [-0.05, 0) is 6.07 Å². The molecule has 0 radical (unpaired) electrons. The van der Waals surface area contributed by atoms with Crippen LogP contribution in [0.1, 0.15) is 5.56 Å². The molecule has 0 amide bonds. The Labute approximate surface area is 101 Å². The normalized spacial score (nSPS) is 24.1. The first-order valence-corrected chi connectivity index (χ1v) is 5.17. The van der Waals surface area contributed by atoms with Crippen LogP contribution in [0.15, 0.2) is 23.2 Å². The van der Waals surface area contributed by atoms with Gasteiger partial charge in [-0.3, -0.25) is 4.99 Å². The molecule has 1 aliphatic heterocycles. The fourth-order valence-electron chi connectivity index (χ4n) is 1.86. The fourth-order valence-corrected chi connectivity index (χ4v) is 1.86. The minimum absolute atomic E-state index is 0.0589. The third kappa shape index (κ3) is 2.01. The van der Waals surface area contributed by atoms with E-state index >= 15 is 0 Å². The summed E-state index contributed by atoms with van der Waals surface area (Å²) < 4.78 is 45.2. The lowest BCUT2D eigenvalue weighted by atomic mass is 9.90. The molecule has 0 bridgehead atoms. The molecule has 1 heterocycles. The summed E-state index contributed by atoms with van der Waals surface area (Å²) in [5.74, 6) is -0.968. The van der Waals surface area contributed by atoms with Crippen LogP contribution in [0.2, 0.25) is 0 Å². The lowest BCUT2D eigenvalue weighted by molar-refractivity contribution is -0.0145. The molecule has 1 unspecified atom stereocenters. The second-order valence-electron chi connectivity index (χ2n) is 4.02. The zero-order valence-electron chi connectivity index (χ0n) is 9.29. The van der Waals surface area contributed by atoms with E-state index in [0.717, 1.165) is 12.1 Å². The average Bonchev–Trinajstić information content (AvgIpc) is 2.32. The van der Waals surface area contributed by atoms with Crippen molar-refractivity contribution in [2.75, 3.05) is 13.2 Å². The number of nitrogens with two attached hydrogens (primary N) is 1. The molecular formula is C11H11F3N3O-. The van der Waals surface area contributed by atoms with Gasteiger partial charge in [-0.1, -0.05) is 12.1 Å². The molecule has 0 fully saturated rings. The standard InChI is InChI=1S/C11H11F3N3O/c12-8-2-1-6(15)3-7(8)11(10(13)14)5-18-4-9(16)17-11/h1-3,10,15H,4-5H2,(H2,16,17)/q-1. The molecule has 1 aromatic carbocycles. The van der Waals surface area contributed by atoms with E-state index in [2.05, 4.69) is 4.99 Å². The highest BCUT2D eigenvalue weighted by molar-refractivity contribution is 5.82. The maximum atomic E-state index is 13.7. The molecule has 1 atom stereocenters. The number of halogens is 3. The van der Waals surface area contributed by atoms with Gasteiger partial charge >= 0.3 is 0 Å². The van der Waals surface area contributed by atoms with Crippen LogP contribution in [-0.2, 0) is 10.3 Å². The van der Waals surface area contributed by atoms with E-state index in [-0.39, 0.29) is 23.7 Å². The van der Waals surface area contributed by atoms with E-state index in [1.165, 1.54) is 6.07 Å². The summed E-state index contributed by atoms with van der Waals surface area (Å²) in [6.07, 6.45) is -2.98. The van der Waals surface area contributed by atoms with E-state index in [9.17, 15) is 13.2 Å². The highest BCUT2D eigenvalue weighted by Gasteiger charge is 2.46. The van der Waals surface area contributed by atoms with E-state index in [0.29, 0.717) is 0 Å². The second-order valence-corrected chi connectivity index (χ2v) is 4.02. The SMILES string of the molecule is [NH-]c1ccc(F)c(C2(C(F)F)COCC(N)=N2)c1. The number of hydrogen-bond donors (Lipinski definition) is 1. The molecule has 7 heteroatoms. The van der Waals surface area contributed by atoms with Crippen LogP contribution >= 0.6 is 0 Å². The summed E-state index contributed by atoms with van der Waals surface area (Å²) in [7, 11) is 0. The van der Waals surface area contributed by atoms with Gasteiger partial charge in [0.2, 0.25) is 0 Å². The third-order valence-corrected chi connectivity index (χ3v) is 2.71. The molecular weight excluding hydrogens is 247 g/mol. The number of aliphatic imine (C=N–C) groups is 1. The van der Waals surface area contributed by atoms with Gasteiger partial charge in [0.15, 0.2) is 5.54 Å². The van der Waals surface area contributed by atoms with Crippen molar-refractivity contribution in [2.45, 2.75) is 12.0 Å². The Morgan fingerprint density at radius 3 is 2.78 bits per heavy atom. The van der Waals surface area contributed by atoms with Gasteiger partial charge in [-0.2, -0.15) is 0 Å². The van der Waals surface area contributed by atoms with Crippen molar-refractivity contribution in [3.05, 3.63) is 35.3 Å². The molecule has 18 heavy (non-hydrogen) atoms. The van der Waals surface area contributed by atoms with Gasteiger partial charge in [0, 0.05) is 5.56 Å². The van der Waals surface area contributed by atoms with Crippen molar-refractivity contribution in [3.63, 3.8) is 0 Å². The Morgan fingerprint density at radius 2 is 2.17 bits per heavy atom. The Balaban J connectivity index is 2.61. The summed E-state index contributed by atoms with van der Waals surface area (Å²) in [5.41, 5.74) is 10.2. The van der Waals surface area contributed by atoms with E-state index in [1.54, 1.807) is 0 Å². The quantitative estimate of drug-likeness (QED) is 0.884. The van der Waals surface area contributed by atoms with E-state index in [4.69, 9.17) is 16.2 Å². The number of alkyl halides is 2. The summed E-state index contributed by atoms with van der Waals surface area (Å²) in [6.45, 7) is -0.525. The molecule has 0 saturated heterocycles. The molecule has 0 saturated carbocycles. The summed E-state index contributed by atoms with van der Waals surface area (Å²) in [5, 5.41) is 0. The average molecular weight is 258 g/mol. The van der Waals surface area contributed by atoms with Crippen LogP contribution in [0.25, 0.3) is 5.73 Å². The van der Waals surface area contributed by atoms with Crippen LogP contribution in [0.3, 0.4) is 0 Å². The van der Waals surface area contributed by atoms with E-state index in [1.807, 2.05) is 0 Å². The number of ether oxygens (including phenoxy) is 1. The molecule has 1 aliphatic rings. The topological polar surface area (TPSA) is 71.4 Å². The molecule has 4 nitrogen and oxygen atoms in total. The Kier molecular flexibility index (Phi) is 3.16. The number of amidine groups is 1. The highest BCUT2D eigenvalue weighted by Crippen LogP contribution is 2.38. The first-order valence-electron chi connectivity index (χ1n) is 5.17. The molecule has 1 aromatic rings. The van der Waals surface area contributed by atoms with Crippen molar-refractivity contribution in [1.82, 2.24) is 0 Å². The first-order chi connectivity index (χ1) is 8.45. The van der Waals surface area contributed by atoms with Gasteiger partial charge in [0.05, 0.1) is 6.61 Å². The smallest absolute Gasteiger partial charge is 0.269 e. The highest BCUT2D eigenvalue weighted by atomic mass is 19.3. The van der Waals surface area contributed by atoms with Crippen LogP contribution < -0.4 is 5.73 Å². The van der Waals surface area contributed by atoms with Crippen LogP contribution in [0.4, 0.5) is 18.9 Å². The summed E-state index contributed by atoms with van der Waals surface area (Å²) in [4.78, 5) is 3.68. The third-order valence-electron chi connectivity index (χ3n) is 2.71. The molecule has 0 aliphatic carbocycles. The minimum Gasteiger partial charge on any atom is -0.699 e. The van der Waals surface area contributed by atoms with Gasteiger partial charge in [0.1, 0.15) is 18.3 Å². The number of rotatable bonds is 2. The van der Waals surface area contributed by atoms with Crippen molar-refractivity contribution in [3.8, 4) is 0 Å². The maximum absolute atomic E-state index is 13.7. The number of nitrogens with one attached hydrogen (secondary N) is 1. The molecule has 0 spiro atoms. The number of benzene rings is 1. The fraction of sp³-hybridized carbons (Fsp3) is 0.364. The monoisotopic (exact) mass is 258 g/mol. The zero-order chi connectivity index (χ0) is 13.3. The molecule has 3 N–H and O–H groups in total. The Morgan fingerprint density at radius 1 is 1.44 bits per heavy atom. The Hall–Kier alpha value is -1.76. The number of hydrogen-bond acceptors (Lipinski definition) is 3. The predicted molar refractivity (Wildman–Crippen MR) is 60.5 cm³/mol. The number of nitrogens with zero attached hydrogens (tertiary/aromatic N) is 1. The van der Waals surface area contributed by atoms with Crippen molar-refractivity contribution < 1.29 is 17.9 Å². The lowest BCUT2D eigenvalue weighted by Gasteiger charge is -2.33. The van der Waals surface area contributed by atoms with Gasteiger partial charge < -0.3 is 16.2 Å². The van der Waals surface area contributed by atoms with Crippen molar-refractivity contribution in [2.24, 2.45) is 10.7 Å². The zero-order valence-corrected chi connectivity index (χ0v) is 9.29. The second kappa shape index (κ2) is 4.49. The predicted octanol–water partition coefficient (Wildman–Crippen LogP) is 2.36. The lowest BCUT2D eigenvalue weighted by Crippen LogP contribution is -2.45. The van der Waals surface area contributed by atoms with Crippen molar-refractivity contribution >= 4 is 11.5 Å². The van der Waals surface area contributed by atoms with Gasteiger partial charge in [0.25, 0.3) is 6.43 Å². The largest absolute Gasteiger partial charge is 0.699 e. The molecule has 98 valence electrons. The first kappa shape index (κ1) is 12.7.